The van der Waals surface area contributed by atoms with Crippen molar-refractivity contribution in [2.24, 2.45) is 0 Å². The molecule has 0 aromatic heterocycles. The van der Waals surface area contributed by atoms with Crippen molar-refractivity contribution in [3.8, 4) is 5.75 Å². The highest BCUT2D eigenvalue weighted by Crippen LogP contribution is 2.41. The predicted octanol–water partition coefficient (Wildman–Crippen LogP) is 4.45. The van der Waals surface area contributed by atoms with Gasteiger partial charge < -0.3 is 4.74 Å². The molecule has 0 amide bonds. The Balaban J connectivity index is 2.48. The molecular weight excluding hydrogens is 332 g/mol. The van der Waals surface area contributed by atoms with Crippen molar-refractivity contribution < 1.29 is 4.74 Å². The molecule has 1 aromatic rings. The van der Waals surface area contributed by atoms with Gasteiger partial charge in [0.2, 0.25) is 0 Å². The molecule has 0 N–H and O–H groups in total. The first-order valence-electron chi connectivity index (χ1n) is 5.56. The molecule has 0 radical (unpaired) electrons. The lowest BCUT2D eigenvalue weighted by molar-refractivity contribution is 0.343. The molecule has 0 aliphatic carbocycles. The standard InChI is InChI=1S/C13H16Br2O/c1-13(2,4-5-14)11-8-10(15)7-9-3-6-16-12(9)11/h7-8H,3-6H2,1-2H3. The number of ether oxygens (including phenoxy) is 1. The van der Waals surface area contributed by atoms with E-state index in [9.17, 15) is 0 Å². The van der Waals surface area contributed by atoms with Gasteiger partial charge in [0.25, 0.3) is 0 Å². The molecule has 2 rings (SSSR count). The van der Waals surface area contributed by atoms with E-state index in [0.717, 1.165) is 35.0 Å². The highest BCUT2D eigenvalue weighted by atomic mass is 79.9. The fourth-order valence-corrected chi connectivity index (χ4v) is 3.64. The Morgan fingerprint density at radius 2 is 2.12 bits per heavy atom. The lowest BCUT2D eigenvalue weighted by atomic mass is 9.81. The third kappa shape index (κ3) is 2.30. The van der Waals surface area contributed by atoms with Crippen molar-refractivity contribution in [2.45, 2.75) is 32.1 Å². The number of benzene rings is 1. The van der Waals surface area contributed by atoms with Crippen LogP contribution >= 0.6 is 31.9 Å². The molecule has 0 bridgehead atoms. The largest absolute Gasteiger partial charge is 0.493 e. The fourth-order valence-electron chi connectivity index (χ4n) is 2.14. The van der Waals surface area contributed by atoms with Gasteiger partial charge in [0.1, 0.15) is 5.75 Å². The van der Waals surface area contributed by atoms with Gasteiger partial charge >= 0.3 is 0 Å². The van der Waals surface area contributed by atoms with Gasteiger partial charge in [-0.1, -0.05) is 45.7 Å². The van der Waals surface area contributed by atoms with Gasteiger partial charge in [0.15, 0.2) is 0 Å². The van der Waals surface area contributed by atoms with Crippen molar-refractivity contribution in [3.63, 3.8) is 0 Å². The quantitative estimate of drug-likeness (QED) is 0.734. The van der Waals surface area contributed by atoms with Crippen LogP contribution in [-0.4, -0.2) is 11.9 Å². The van der Waals surface area contributed by atoms with Gasteiger partial charge in [-0.15, -0.1) is 0 Å². The first-order chi connectivity index (χ1) is 7.54. The third-order valence-electron chi connectivity index (χ3n) is 3.20. The van der Waals surface area contributed by atoms with Crippen LogP contribution in [0, 0.1) is 0 Å². The number of alkyl halides is 1. The van der Waals surface area contributed by atoms with Crippen LogP contribution in [0.2, 0.25) is 0 Å². The maximum Gasteiger partial charge on any atom is 0.126 e. The zero-order chi connectivity index (χ0) is 11.8. The van der Waals surface area contributed by atoms with Gasteiger partial charge in [-0.25, -0.2) is 0 Å². The van der Waals surface area contributed by atoms with E-state index in [4.69, 9.17) is 4.74 Å². The molecule has 1 heterocycles. The summed E-state index contributed by atoms with van der Waals surface area (Å²) in [6.45, 7) is 5.37. The van der Waals surface area contributed by atoms with Crippen LogP contribution in [0.4, 0.5) is 0 Å². The number of rotatable bonds is 3. The molecule has 3 heteroatoms. The van der Waals surface area contributed by atoms with Crippen LogP contribution < -0.4 is 4.74 Å². The highest BCUT2D eigenvalue weighted by Gasteiger charge is 2.28. The summed E-state index contributed by atoms with van der Waals surface area (Å²) in [5.41, 5.74) is 2.82. The molecule has 0 unspecified atom stereocenters. The van der Waals surface area contributed by atoms with Crippen LogP contribution in [0.25, 0.3) is 0 Å². The Labute approximate surface area is 114 Å². The SMILES string of the molecule is CC(C)(CCBr)c1cc(Br)cc2c1OCC2. The third-order valence-corrected chi connectivity index (χ3v) is 4.05. The Kier molecular flexibility index (Phi) is 3.65. The molecule has 0 atom stereocenters. The van der Waals surface area contributed by atoms with Crippen LogP contribution in [0.3, 0.4) is 0 Å². The number of hydrogen-bond acceptors (Lipinski definition) is 1. The topological polar surface area (TPSA) is 9.23 Å². The summed E-state index contributed by atoms with van der Waals surface area (Å²) in [4.78, 5) is 0. The van der Waals surface area contributed by atoms with Gasteiger partial charge in [-0.3, -0.25) is 0 Å². The molecule has 1 aliphatic rings. The maximum absolute atomic E-state index is 5.78. The van der Waals surface area contributed by atoms with E-state index in [1.165, 1.54) is 11.1 Å². The average Bonchev–Trinajstić information content (AvgIpc) is 2.63. The van der Waals surface area contributed by atoms with Crippen molar-refractivity contribution >= 4 is 31.9 Å². The Morgan fingerprint density at radius 3 is 2.81 bits per heavy atom. The number of halogens is 2. The molecule has 1 nitrogen and oxygen atoms in total. The second-order valence-electron chi connectivity index (χ2n) is 4.86. The van der Waals surface area contributed by atoms with E-state index in [2.05, 4.69) is 57.8 Å². The van der Waals surface area contributed by atoms with Crippen molar-refractivity contribution in [1.29, 1.82) is 0 Å². The van der Waals surface area contributed by atoms with Crippen molar-refractivity contribution in [3.05, 3.63) is 27.7 Å². The lowest BCUT2D eigenvalue weighted by Crippen LogP contribution is -2.18. The molecule has 0 spiro atoms. The summed E-state index contributed by atoms with van der Waals surface area (Å²) in [6.07, 6.45) is 2.14. The first kappa shape index (κ1) is 12.4. The Hall–Kier alpha value is -0.0200. The minimum Gasteiger partial charge on any atom is -0.493 e. The molecule has 88 valence electrons. The van der Waals surface area contributed by atoms with Crippen LogP contribution in [0.15, 0.2) is 16.6 Å². The molecule has 1 aliphatic heterocycles. The zero-order valence-corrected chi connectivity index (χ0v) is 12.8. The van der Waals surface area contributed by atoms with Crippen LogP contribution in [0.1, 0.15) is 31.4 Å². The van der Waals surface area contributed by atoms with E-state index in [1.54, 1.807) is 0 Å². The van der Waals surface area contributed by atoms with Crippen molar-refractivity contribution in [2.75, 3.05) is 11.9 Å². The van der Waals surface area contributed by atoms with Gasteiger partial charge in [-0.2, -0.15) is 0 Å². The van der Waals surface area contributed by atoms with E-state index in [1.807, 2.05) is 0 Å². The summed E-state index contributed by atoms with van der Waals surface area (Å²) in [5, 5.41) is 1.02. The fraction of sp³-hybridized carbons (Fsp3) is 0.538. The lowest BCUT2D eigenvalue weighted by Gasteiger charge is -2.26. The van der Waals surface area contributed by atoms with E-state index >= 15 is 0 Å². The monoisotopic (exact) mass is 346 g/mol. The summed E-state index contributed by atoms with van der Waals surface area (Å²) >= 11 is 7.12. The van der Waals surface area contributed by atoms with Gasteiger partial charge in [0, 0.05) is 21.8 Å². The second kappa shape index (κ2) is 4.69. The van der Waals surface area contributed by atoms with Gasteiger partial charge in [0.05, 0.1) is 6.61 Å². The molecule has 0 fully saturated rings. The van der Waals surface area contributed by atoms with Crippen LogP contribution in [-0.2, 0) is 11.8 Å². The molecule has 1 aromatic carbocycles. The number of fused-ring (bicyclic) bond motifs is 1. The summed E-state index contributed by atoms with van der Waals surface area (Å²) in [6, 6.07) is 4.38. The molecule has 0 saturated carbocycles. The number of hydrogen-bond donors (Lipinski definition) is 0. The summed E-state index contributed by atoms with van der Waals surface area (Å²) < 4.78 is 6.94. The maximum atomic E-state index is 5.78. The Morgan fingerprint density at radius 1 is 1.38 bits per heavy atom. The molecular formula is C13H16Br2O. The summed E-state index contributed by atoms with van der Waals surface area (Å²) in [5.74, 6) is 1.12. The van der Waals surface area contributed by atoms with Gasteiger partial charge in [-0.05, 0) is 29.5 Å². The Bertz CT molecular complexity index is 399. The van der Waals surface area contributed by atoms with Crippen molar-refractivity contribution in [1.82, 2.24) is 0 Å². The minimum absolute atomic E-state index is 0.154. The predicted molar refractivity (Wildman–Crippen MR) is 74.8 cm³/mol. The van der Waals surface area contributed by atoms with E-state index in [-0.39, 0.29) is 5.41 Å². The summed E-state index contributed by atoms with van der Waals surface area (Å²) in [7, 11) is 0. The highest BCUT2D eigenvalue weighted by molar-refractivity contribution is 9.10. The molecule has 0 saturated heterocycles. The first-order valence-corrected chi connectivity index (χ1v) is 7.48. The molecule has 16 heavy (non-hydrogen) atoms. The zero-order valence-electron chi connectivity index (χ0n) is 9.65. The smallest absolute Gasteiger partial charge is 0.126 e. The van der Waals surface area contributed by atoms with E-state index in [0.29, 0.717) is 0 Å². The normalized spacial score (nSPS) is 14.8. The van der Waals surface area contributed by atoms with Crippen LogP contribution in [0.5, 0.6) is 5.75 Å². The second-order valence-corrected chi connectivity index (χ2v) is 6.57. The van der Waals surface area contributed by atoms with E-state index < -0.39 is 0 Å². The minimum atomic E-state index is 0.154. The average molecular weight is 348 g/mol.